The van der Waals surface area contributed by atoms with Gasteiger partial charge in [-0.25, -0.2) is 19.2 Å². The molecule has 0 aliphatic heterocycles. The van der Waals surface area contributed by atoms with Gasteiger partial charge in [-0.05, 0) is 48.4 Å². The van der Waals surface area contributed by atoms with Gasteiger partial charge < -0.3 is 10.1 Å². The molecular weight excluding hydrogens is 514 g/mol. The predicted octanol–water partition coefficient (Wildman–Crippen LogP) is 6.46. The molecule has 2 heterocycles. The SMILES string of the molecule is CCOC(=O)/C=C/c1cccc(-c2cnc(Nc3ccc(F)c(Cl)c3)nc2-n2cnc(C(F)(F)F)c2)c1. The number of alkyl halides is 3. The molecule has 0 fully saturated rings. The number of nitrogens with zero attached hydrogens (tertiary/aromatic N) is 4. The van der Waals surface area contributed by atoms with Gasteiger partial charge in [0.1, 0.15) is 12.1 Å². The minimum Gasteiger partial charge on any atom is -0.463 e. The normalized spacial score (nSPS) is 11.6. The number of hydrogen-bond acceptors (Lipinski definition) is 6. The molecule has 0 spiro atoms. The van der Waals surface area contributed by atoms with Gasteiger partial charge in [-0.15, -0.1) is 0 Å². The molecule has 0 atom stereocenters. The predicted molar refractivity (Wildman–Crippen MR) is 130 cm³/mol. The summed E-state index contributed by atoms with van der Waals surface area (Å²) in [6.07, 6.45) is 1.41. The van der Waals surface area contributed by atoms with E-state index in [-0.39, 0.29) is 23.4 Å². The van der Waals surface area contributed by atoms with E-state index in [1.807, 2.05) is 0 Å². The van der Waals surface area contributed by atoms with E-state index in [2.05, 4.69) is 20.3 Å². The van der Waals surface area contributed by atoms with Gasteiger partial charge in [0.15, 0.2) is 11.5 Å². The standard InChI is InChI=1S/C25H18ClF4N5O2/c1-2-37-22(36)9-6-15-4-3-5-16(10-15)18-12-31-24(33-17-7-8-20(27)19(26)11-17)34-23(18)35-13-21(32-14-35)25(28,29)30/h3-14H,2H2,1H3,(H,31,33,34)/b9-6+. The van der Waals surface area contributed by atoms with Crippen molar-refractivity contribution in [3.05, 3.63) is 89.4 Å². The van der Waals surface area contributed by atoms with Gasteiger partial charge in [0.25, 0.3) is 0 Å². The lowest BCUT2D eigenvalue weighted by Crippen LogP contribution is -2.06. The molecule has 1 N–H and O–H groups in total. The van der Waals surface area contributed by atoms with Crippen LogP contribution in [0, 0.1) is 5.82 Å². The fourth-order valence-corrected chi connectivity index (χ4v) is 3.47. The highest BCUT2D eigenvalue weighted by Gasteiger charge is 2.34. The van der Waals surface area contributed by atoms with E-state index >= 15 is 0 Å². The number of benzene rings is 2. The summed E-state index contributed by atoms with van der Waals surface area (Å²) < 4.78 is 59.2. The average molecular weight is 532 g/mol. The monoisotopic (exact) mass is 531 g/mol. The minimum atomic E-state index is -4.65. The number of aromatic nitrogens is 4. The summed E-state index contributed by atoms with van der Waals surface area (Å²) in [5.74, 6) is -0.993. The van der Waals surface area contributed by atoms with Crippen LogP contribution in [0.1, 0.15) is 18.2 Å². The molecule has 7 nitrogen and oxygen atoms in total. The summed E-state index contributed by atoms with van der Waals surface area (Å²) >= 11 is 5.83. The maximum atomic E-state index is 13.5. The third-order valence-electron chi connectivity index (χ3n) is 4.96. The lowest BCUT2D eigenvalue weighted by Gasteiger charge is -2.13. The second-order valence-corrected chi connectivity index (χ2v) is 7.97. The summed E-state index contributed by atoms with van der Waals surface area (Å²) in [5, 5.41) is 2.74. The number of esters is 1. The zero-order valence-electron chi connectivity index (χ0n) is 19.1. The largest absolute Gasteiger partial charge is 0.463 e. The maximum absolute atomic E-state index is 13.5. The van der Waals surface area contributed by atoms with Crippen LogP contribution in [0.4, 0.5) is 29.2 Å². The first-order valence-corrected chi connectivity index (χ1v) is 11.2. The van der Waals surface area contributed by atoms with Crippen LogP contribution in [0.25, 0.3) is 23.0 Å². The molecule has 2 aromatic heterocycles. The van der Waals surface area contributed by atoms with E-state index in [1.54, 1.807) is 37.3 Å². The Bertz CT molecular complexity index is 1470. The summed E-state index contributed by atoms with van der Waals surface area (Å²) in [4.78, 5) is 23.8. The lowest BCUT2D eigenvalue weighted by molar-refractivity contribution is -0.141. The zero-order valence-corrected chi connectivity index (χ0v) is 19.9. The van der Waals surface area contributed by atoms with Gasteiger partial charge in [0.2, 0.25) is 5.95 Å². The second-order valence-electron chi connectivity index (χ2n) is 7.56. The highest BCUT2D eigenvalue weighted by Crippen LogP contribution is 2.31. The Kier molecular flexibility index (Phi) is 7.53. The molecule has 190 valence electrons. The second kappa shape index (κ2) is 10.8. The molecule has 0 saturated heterocycles. The van der Waals surface area contributed by atoms with Crippen molar-refractivity contribution in [2.24, 2.45) is 0 Å². The number of rotatable bonds is 7. The minimum absolute atomic E-state index is 0.0297. The Morgan fingerprint density at radius 2 is 2.00 bits per heavy atom. The first-order chi connectivity index (χ1) is 17.6. The van der Waals surface area contributed by atoms with E-state index < -0.39 is 23.7 Å². The van der Waals surface area contributed by atoms with Crippen LogP contribution in [0.5, 0.6) is 0 Å². The van der Waals surface area contributed by atoms with Crippen molar-refractivity contribution in [2.75, 3.05) is 11.9 Å². The molecule has 0 bridgehead atoms. The molecule has 0 unspecified atom stereocenters. The summed E-state index contributed by atoms with van der Waals surface area (Å²) in [6, 6.07) is 10.8. The van der Waals surface area contributed by atoms with Crippen molar-refractivity contribution in [1.29, 1.82) is 0 Å². The smallest absolute Gasteiger partial charge is 0.434 e. The number of anilines is 2. The van der Waals surface area contributed by atoms with Crippen LogP contribution in [-0.2, 0) is 15.7 Å². The summed E-state index contributed by atoms with van der Waals surface area (Å²) in [5.41, 5.74) is 0.877. The molecule has 0 aliphatic carbocycles. The Morgan fingerprint density at radius 3 is 2.70 bits per heavy atom. The van der Waals surface area contributed by atoms with Crippen LogP contribution in [0.15, 0.2) is 67.3 Å². The number of nitrogens with one attached hydrogen (secondary N) is 1. The van der Waals surface area contributed by atoms with Crippen LogP contribution in [0.2, 0.25) is 5.02 Å². The molecule has 12 heteroatoms. The Balaban J connectivity index is 1.76. The maximum Gasteiger partial charge on any atom is 0.434 e. The van der Waals surface area contributed by atoms with Crippen LogP contribution >= 0.6 is 11.6 Å². The fraction of sp³-hybridized carbons (Fsp3) is 0.120. The zero-order chi connectivity index (χ0) is 26.6. The van der Waals surface area contributed by atoms with Gasteiger partial charge in [-0.3, -0.25) is 4.57 Å². The number of hydrogen-bond donors (Lipinski definition) is 1. The van der Waals surface area contributed by atoms with Gasteiger partial charge in [0, 0.05) is 29.7 Å². The third-order valence-corrected chi connectivity index (χ3v) is 5.25. The molecular formula is C25H18ClF4N5O2. The summed E-state index contributed by atoms with van der Waals surface area (Å²) in [6.45, 7) is 1.93. The van der Waals surface area contributed by atoms with E-state index in [4.69, 9.17) is 16.3 Å². The molecule has 0 amide bonds. The van der Waals surface area contributed by atoms with E-state index in [1.165, 1.54) is 24.4 Å². The molecule has 2 aromatic carbocycles. The first kappa shape index (κ1) is 25.8. The average Bonchev–Trinajstić information content (AvgIpc) is 3.37. The van der Waals surface area contributed by atoms with Crippen LogP contribution < -0.4 is 5.32 Å². The van der Waals surface area contributed by atoms with Crippen molar-refractivity contribution in [3.63, 3.8) is 0 Å². The Labute approximate surface area is 213 Å². The highest BCUT2D eigenvalue weighted by molar-refractivity contribution is 6.31. The van der Waals surface area contributed by atoms with Crippen molar-refractivity contribution < 1.29 is 27.1 Å². The molecule has 0 saturated carbocycles. The molecule has 4 aromatic rings. The Hall–Kier alpha value is -4.25. The molecule has 0 aliphatic rings. The van der Waals surface area contributed by atoms with Crippen molar-refractivity contribution in [3.8, 4) is 16.9 Å². The van der Waals surface area contributed by atoms with Gasteiger partial charge in [0.05, 0.1) is 11.6 Å². The van der Waals surface area contributed by atoms with Crippen LogP contribution in [-0.4, -0.2) is 32.1 Å². The summed E-state index contributed by atoms with van der Waals surface area (Å²) in [7, 11) is 0. The fourth-order valence-electron chi connectivity index (χ4n) is 3.29. The van der Waals surface area contributed by atoms with Crippen molar-refractivity contribution in [1.82, 2.24) is 19.5 Å². The number of halogens is 5. The molecule has 0 radical (unpaired) electrons. The van der Waals surface area contributed by atoms with E-state index in [0.717, 1.165) is 23.2 Å². The van der Waals surface area contributed by atoms with Gasteiger partial charge in [-0.2, -0.15) is 18.2 Å². The quantitative estimate of drug-likeness (QED) is 0.167. The van der Waals surface area contributed by atoms with Crippen molar-refractivity contribution >= 4 is 35.3 Å². The van der Waals surface area contributed by atoms with Gasteiger partial charge >= 0.3 is 12.1 Å². The number of carbonyl (C=O) groups is 1. The topological polar surface area (TPSA) is 81.9 Å². The Morgan fingerprint density at radius 1 is 1.19 bits per heavy atom. The van der Waals surface area contributed by atoms with E-state index in [9.17, 15) is 22.4 Å². The third kappa shape index (κ3) is 6.31. The highest BCUT2D eigenvalue weighted by atomic mass is 35.5. The van der Waals surface area contributed by atoms with Gasteiger partial charge in [-0.1, -0.05) is 29.8 Å². The lowest BCUT2D eigenvalue weighted by atomic mass is 10.0. The molecule has 4 rings (SSSR count). The first-order valence-electron chi connectivity index (χ1n) is 10.8. The number of ether oxygens (including phenoxy) is 1. The van der Waals surface area contributed by atoms with E-state index in [0.29, 0.717) is 22.4 Å². The molecule has 37 heavy (non-hydrogen) atoms. The van der Waals surface area contributed by atoms with Crippen molar-refractivity contribution in [2.45, 2.75) is 13.1 Å². The van der Waals surface area contributed by atoms with Crippen LogP contribution in [0.3, 0.4) is 0 Å². The number of carbonyl (C=O) groups excluding carboxylic acids is 1. The number of imidazole rings is 1.